The number of nitrogens with zero attached hydrogens (tertiary/aromatic N) is 4. The Bertz CT molecular complexity index is 1140. The van der Waals surface area contributed by atoms with Crippen molar-refractivity contribution in [1.29, 1.82) is 0 Å². The lowest BCUT2D eigenvalue weighted by Gasteiger charge is -2.11. The van der Waals surface area contributed by atoms with E-state index in [4.69, 9.17) is 4.74 Å². The first-order valence-corrected chi connectivity index (χ1v) is 8.34. The number of imidazole rings is 1. The van der Waals surface area contributed by atoms with Gasteiger partial charge in [-0.15, -0.1) is 3.89 Å². The molecular formula is C17H14FN5O2S. The van der Waals surface area contributed by atoms with Gasteiger partial charge in [-0.2, -0.15) is 0 Å². The summed E-state index contributed by atoms with van der Waals surface area (Å²) >= 11 is 0.0887. The van der Waals surface area contributed by atoms with Crippen molar-refractivity contribution >= 4 is 46.5 Å². The number of hydrogen-bond donors (Lipinski definition) is 1. The third-order valence-electron chi connectivity index (χ3n) is 4.33. The Balaban J connectivity index is 1.94. The van der Waals surface area contributed by atoms with Crippen molar-refractivity contribution in [3.63, 3.8) is 0 Å². The standard InChI is InChI=1S/C17H14FN5O2S/c1-22-13(5-10-6-15(21-9-24)19-7-14(10)22)11-3-4-12-16(17(11)25-2)20-8-23(12)26-18/h3-9H,1-2H3,(H,19,21,24). The number of amides is 1. The molecule has 4 aromatic rings. The topological polar surface area (TPSA) is 74.0 Å². The zero-order valence-corrected chi connectivity index (χ0v) is 14.7. The average Bonchev–Trinajstić information content (AvgIpc) is 3.22. The lowest BCUT2D eigenvalue weighted by atomic mass is 10.1. The summed E-state index contributed by atoms with van der Waals surface area (Å²) < 4.78 is 21.9. The van der Waals surface area contributed by atoms with E-state index in [-0.39, 0.29) is 12.3 Å². The van der Waals surface area contributed by atoms with Crippen molar-refractivity contribution in [2.75, 3.05) is 12.4 Å². The maximum absolute atomic E-state index is 13.0. The fourth-order valence-corrected chi connectivity index (χ4v) is 3.43. The van der Waals surface area contributed by atoms with Gasteiger partial charge in [-0.1, -0.05) is 0 Å². The van der Waals surface area contributed by atoms with Crippen LogP contribution in [0.4, 0.5) is 9.70 Å². The Morgan fingerprint density at radius 1 is 1.27 bits per heavy atom. The molecule has 3 aromatic heterocycles. The minimum atomic E-state index is 0.0887. The van der Waals surface area contributed by atoms with Gasteiger partial charge in [0.15, 0.2) is 18.1 Å². The molecule has 132 valence electrons. The van der Waals surface area contributed by atoms with Crippen LogP contribution in [-0.2, 0) is 11.8 Å². The molecule has 0 bridgehead atoms. The highest BCUT2D eigenvalue weighted by molar-refractivity contribution is 7.92. The zero-order valence-electron chi connectivity index (χ0n) is 13.9. The van der Waals surface area contributed by atoms with Crippen LogP contribution < -0.4 is 10.1 Å². The van der Waals surface area contributed by atoms with Gasteiger partial charge in [-0.25, -0.2) is 13.9 Å². The number of fused-ring (bicyclic) bond motifs is 2. The van der Waals surface area contributed by atoms with Gasteiger partial charge in [0.05, 0.1) is 30.0 Å². The van der Waals surface area contributed by atoms with E-state index in [1.807, 2.05) is 29.8 Å². The van der Waals surface area contributed by atoms with Crippen LogP contribution in [0.1, 0.15) is 0 Å². The highest BCUT2D eigenvalue weighted by atomic mass is 32.2. The molecule has 0 saturated heterocycles. The van der Waals surface area contributed by atoms with E-state index < -0.39 is 0 Å². The molecule has 3 heterocycles. The number of pyridine rings is 1. The molecule has 0 unspecified atom stereocenters. The van der Waals surface area contributed by atoms with Gasteiger partial charge in [0.25, 0.3) is 0 Å². The van der Waals surface area contributed by atoms with Crippen molar-refractivity contribution in [3.05, 3.63) is 36.8 Å². The number of nitrogens with one attached hydrogen (secondary N) is 1. The van der Waals surface area contributed by atoms with E-state index in [2.05, 4.69) is 15.3 Å². The van der Waals surface area contributed by atoms with Gasteiger partial charge in [0.1, 0.15) is 17.7 Å². The molecule has 0 fully saturated rings. The van der Waals surface area contributed by atoms with Gasteiger partial charge in [0, 0.05) is 18.0 Å². The van der Waals surface area contributed by atoms with Gasteiger partial charge in [-0.05, 0) is 24.3 Å². The van der Waals surface area contributed by atoms with Crippen LogP contribution in [-0.4, -0.2) is 32.0 Å². The summed E-state index contributed by atoms with van der Waals surface area (Å²) in [6.07, 6.45) is 3.71. The quantitative estimate of drug-likeness (QED) is 0.543. The first-order valence-electron chi connectivity index (χ1n) is 7.67. The number of ether oxygens (including phenoxy) is 1. The molecule has 4 rings (SSSR count). The van der Waals surface area contributed by atoms with Crippen LogP contribution in [0, 0.1) is 0 Å². The number of aryl methyl sites for hydroxylation is 1. The number of benzene rings is 1. The van der Waals surface area contributed by atoms with Crippen molar-refractivity contribution in [1.82, 2.24) is 18.5 Å². The lowest BCUT2D eigenvalue weighted by Crippen LogP contribution is -1.97. The molecule has 1 amide bonds. The summed E-state index contributed by atoms with van der Waals surface area (Å²) in [5, 5.41) is 3.47. The van der Waals surface area contributed by atoms with Crippen molar-refractivity contribution in [3.8, 4) is 17.0 Å². The van der Waals surface area contributed by atoms with Gasteiger partial charge < -0.3 is 14.6 Å². The number of anilines is 1. The number of hydrogen-bond acceptors (Lipinski definition) is 5. The normalized spacial score (nSPS) is 11.2. The Morgan fingerprint density at radius 2 is 2.12 bits per heavy atom. The zero-order chi connectivity index (χ0) is 18.3. The Morgan fingerprint density at radius 3 is 2.85 bits per heavy atom. The molecule has 0 spiro atoms. The summed E-state index contributed by atoms with van der Waals surface area (Å²) in [4.78, 5) is 19.1. The molecule has 0 aliphatic rings. The molecule has 9 heteroatoms. The number of halogens is 1. The van der Waals surface area contributed by atoms with Crippen LogP contribution in [0.15, 0.2) is 36.8 Å². The largest absolute Gasteiger partial charge is 0.494 e. The third-order valence-corrected chi connectivity index (χ3v) is 4.77. The third kappa shape index (κ3) is 2.39. The first kappa shape index (κ1) is 16.4. The molecule has 0 aliphatic heterocycles. The number of methoxy groups -OCH3 is 1. The lowest BCUT2D eigenvalue weighted by molar-refractivity contribution is -0.105. The van der Waals surface area contributed by atoms with Gasteiger partial charge >= 0.3 is 0 Å². The monoisotopic (exact) mass is 371 g/mol. The summed E-state index contributed by atoms with van der Waals surface area (Å²) in [5.74, 6) is 1.05. The summed E-state index contributed by atoms with van der Waals surface area (Å²) in [7, 11) is 3.49. The summed E-state index contributed by atoms with van der Waals surface area (Å²) in [5.41, 5.74) is 3.85. The molecule has 0 saturated carbocycles. The molecule has 7 nitrogen and oxygen atoms in total. The second-order valence-corrected chi connectivity index (χ2v) is 6.16. The predicted molar refractivity (Wildman–Crippen MR) is 99.8 cm³/mol. The number of rotatable bonds is 5. The smallest absolute Gasteiger partial charge is 0.212 e. The average molecular weight is 371 g/mol. The van der Waals surface area contributed by atoms with Crippen LogP contribution in [0.2, 0.25) is 0 Å². The van der Waals surface area contributed by atoms with E-state index >= 15 is 0 Å². The molecular weight excluding hydrogens is 357 g/mol. The minimum absolute atomic E-state index is 0.0887. The molecule has 26 heavy (non-hydrogen) atoms. The van der Waals surface area contributed by atoms with Gasteiger partial charge in [-0.3, -0.25) is 4.79 Å². The fourth-order valence-electron chi connectivity index (χ4n) is 3.13. The first-order chi connectivity index (χ1) is 12.7. The second kappa shape index (κ2) is 6.34. The maximum Gasteiger partial charge on any atom is 0.212 e. The Hall–Kier alpha value is -3.07. The fraction of sp³-hybridized carbons (Fsp3) is 0.118. The van der Waals surface area contributed by atoms with E-state index in [1.165, 1.54) is 10.3 Å². The molecule has 1 aromatic carbocycles. The SMILES string of the molecule is COc1c(-c2cc3cc(NC=O)ncc3n2C)ccc2c1ncn2SF. The highest BCUT2D eigenvalue weighted by Crippen LogP contribution is 2.39. The van der Waals surface area contributed by atoms with Crippen molar-refractivity contribution in [2.45, 2.75) is 0 Å². The van der Waals surface area contributed by atoms with Crippen LogP contribution in [0.5, 0.6) is 5.75 Å². The predicted octanol–water partition coefficient (Wildman–Crippen LogP) is 3.55. The van der Waals surface area contributed by atoms with Crippen molar-refractivity contribution in [2.24, 2.45) is 7.05 Å². The van der Waals surface area contributed by atoms with Crippen LogP contribution in [0.25, 0.3) is 33.2 Å². The van der Waals surface area contributed by atoms with E-state index in [0.29, 0.717) is 29.0 Å². The molecule has 1 N–H and O–H groups in total. The number of carbonyl (C=O) groups excluding carboxylic acids is 1. The minimum Gasteiger partial charge on any atom is -0.494 e. The van der Waals surface area contributed by atoms with E-state index in [9.17, 15) is 8.68 Å². The number of carbonyl (C=O) groups is 1. The van der Waals surface area contributed by atoms with Gasteiger partial charge in [0.2, 0.25) is 6.41 Å². The summed E-state index contributed by atoms with van der Waals surface area (Å²) in [6, 6.07) is 7.47. The van der Waals surface area contributed by atoms with Crippen LogP contribution >= 0.6 is 12.3 Å². The maximum atomic E-state index is 13.0. The Kier molecular flexibility index (Phi) is 4.00. The highest BCUT2D eigenvalue weighted by Gasteiger charge is 2.18. The number of aromatic nitrogens is 4. The van der Waals surface area contributed by atoms with Crippen molar-refractivity contribution < 1.29 is 13.4 Å². The van der Waals surface area contributed by atoms with E-state index in [0.717, 1.165) is 22.2 Å². The summed E-state index contributed by atoms with van der Waals surface area (Å²) in [6.45, 7) is 0. The second-order valence-electron chi connectivity index (χ2n) is 5.63. The molecule has 0 aliphatic carbocycles. The molecule has 0 radical (unpaired) electrons. The van der Waals surface area contributed by atoms with E-state index in [1.54, 1.807) is 19.4 Å². The van der Waals surface area contributed by atoms with Crippen LogP contribution in [0.3, 0.4) is 0 Å². The molecule has 0 atom stereocenters. The Labute approximate surface area is 152 Å².